The van der Waals surface area contributed by atoms with Crippen molar-refractivity contribution < 1.29 is 27.1 Å². The van der Waals surface area contributed by atoms with Gasteiger partial charge in [-0.2, -0.15) is 17.6 Å². The first kappa shape index (κ1) is 24.8. The lowest BCUT2D eigenvalue weighted by atomic mass is 9.80. The molecule has 0 spiro atoms. The molecule has 190 valence electrons. The summed E-state index contributed by atoms with van der Waals surface area (Å²) in [5.74, 6) is -8.30. The molecular weight excluding hydrogens is 542 g/mol. The van der Waals surface area contributed by atoms with Gasteiger partial charge in [0.15, 0.2) is 0 Å². The molecule has 2 aromatic carbocycles. The van der Waals surface area contributed by atoms with Crippen molar-refractivity contribution in [3.8, 4) is 22.4 Å². The minimum Gasteiger partial charge on any atom is -0.444 e. The predicted molar refractivity (Wildman–Crippen MR) is 130 cm³/mol. The Morgan fingerprint density at radius 1 is 1.08 bits per heavy atom. The van der Waals surface area contributed by atoms with Gasteiger partial charge in [-0.15, -0.1) is 0 Å². The van der Waals surface area contributed by atoms with Gasteiger partial charge in [0.25, 0.3) is 0 Å². The van der Waals surface area contributed by atoms with Gasteiger partial charge in [-0.1, -0.05) is 34.1 Å². The number of nitrogens with zero attached hydrogens (tertiary/aromatic N) is 2. The van der Waals surface area contributed by atoms with E-state index in [2.05, 4.69) is 25.9 Å². The zero-order chi connectivity index (χ0) is 26.0. The molecule has 1 aliphatic carbocycles. The second-order valence-corrected chi connectivity index (χ2v) is 11.0. The highest BCUT2D eigenvalue weighted by atomic mass is 79.9. The molecule has 1 atom stereocenters. The quantitative estimate of drug-likeness (QED) is 0.323. The third kappa shape index (κ3) is 3.99. The van der Waals surface area contributed by atoms with Crippen molar-refractivity contribution in [1.29, 1.82) is 0 Å². The lowest BCUT2D eigenvalue weighted by molar-refractivity contribution is -0.225. The van der Waals surface area contributed by atoms with E-state index in [-0.39, 0.29) is 17.2 Å². The fourth-order valence-electron chi connectivity index (χ4n) is 4.80. The molecule has 1 aromatic heterocycles. The average Bonchev–Trinajstić information content (AvgIpc) is 3.46. The number of carbonyl (C=O) groups excluding carboxylic acids is 1. The van der Waals surface area contributed by atoms with Crippen molar-refractivity contribution in [1.82, 2.24) is 14.9 Å². The SMILES string of the molecule is CC(C)(C)OC(=O)N1CCCC1c1ncc(-c2ccc3c(c2)C(F)(F)C(F)(F)c2cc(Br)ccc2-3)[nH]1. The van der Waals surface area contributed by atoms with E-state index in [0.717, 1.165) is 18.6 Å². The summed E-state index contributed by atoms with van der Waals surface area (Å²) in [7, 11) is 0. The number of fused-ring (bicyclic) bond motifs is 3. The van der Waals surface area contributed by atoms with Gasteiger partial charge in [0.2, 0.25) is 0 Å². The molecule has 3 aromatic rings. The van der Waals surface area contributed by atoms with Crippen LogP contribution in [0, 0.1) is 0 Å². The molecule has 0 bridgehead atoms. The van der Waals surface area contributed by atoms with Crippen LogP contribution in [0.3, 0.4) is 0 Å². The Hall–Kier alpha value is -2.88. The number of benzene rings is 2. The van der Waals surface area contributed by atoms with Gasteiger partial charge in [0.05, 0.1) is 17.9 Å². The largest absolute Gasteiger partial charge is 0.444 e. The molecular formula is C26H24BrF4N3O2. The zero-order valence-electron chi connectivity index (χ0n) is 19.8. The first-order valence-corrected chi connectivity index (χ1v) is 12.3. The summed E-state index contributed by atoms with van der Waals surface area (Å²) in [5.41, 5.74) is -1.29. The molecule has 1 fully saturated rings. The van der Waals surface area contributed by atoms with E-state index in [0.29, 0.717) is 34.5 Å². The number of likely N-dealkylation sites (tertiary alicyclic amines) is 1. The van der Waals surface area contributed by atoms with Crippen LogP contribution in [0.15, 0.2) is 47.1 Å². The van der Waals surface area contributed by atoms with Crippen LogP contribution in [-0.2, 0) is 16.6 Å². The van der Waals surface area contributed by atoms with Crippen LogP contribution >= 0.6 is 15.9 Å². The summed E-state index contributed by atoms with van der Waals surface area (Å²) < 4.78 is 66.1. The fraction of sp³-hybridized carbons (Fsp3) is 0.385. The molecule has 1 N–H and O–H groups in total. The number of rotatable bonds is 2. The Morgan fingerprint density at radius 3 is 2.39 bits per heavy atom. The van der Waals surface area contributed by atoms with Crippen molar-refractivity contribution in [3.05, 3.63) is 64.0 Å². The monoisotopic (exact) mass is 565 g/mol. The smallest absolute Gasteiger partial charge is 0.410 e. The zero-order valence-corrected chi connectivity index (χ0v) is 21.4. The summed E-state index contributed by atoms with van der Waals surface area (Å²) in [6, 6.07) is 7.77. The molecule has 2 heterocycles. The number of imidazole rings is 1. The number of amides is 1. The summed E-state index contributed by atoms with van der Waals surface area (Å²) in [4.78, 5) is 21.7. The maximum absolute atomic E-state index is 15.2. The van der Waals surface area contributed by atoms with Crippen molar-refractivity contribution >= 4 is 22.0 Å². The van der Waals surface area contributed by atoms with Crippen LogP contribution in [0.1, 0.15) is 56.6 Å². The fourth-order valence-corrected chi connectivity index (χ4v) is 5.16. The van der Waals surface area contributed by atoms with E-state index in [4.69, 9.17) is 4.74 Å². The number of ether oxygens (including phenoxy) is 1. The molecule has 36 heavy (non-hydrogen) atoms. The molecule has 5 rings (SSSR count). The van der Waals surface area contributed by atoms with Crippen molar-refractivity contribution in [2.75, 3.05) is 6.54 Å². The van der Waals surface area contributed by atoms with E-state index in [9.17, 15) is 13.6 Å². The number of halogens is 5. The van der Waals surface area contributed by atoms with Gasteiger partial charge in [0, 0.05) is 27.7 Å². The Balaban J connectivity index is 1.50. The number of alkyl halides is 4. The first-order valence-electron chi connectivity index (χ1n) is 11.5. The number of H-pyrrole nitrogens is 1. The molecule has 1 amide bonds. The Morgan fingerprint density at radius 2 is 1.72 bits per heavy atom. The summed E-state index contributed by atoms with van der Waals surface area (Å²) in [6.45, 7) is 5.86. The Labute approximate surface area is 214 Å². The van der Waals surface area contributed by atoms with Crippen LogP contribution < -0.4 is 0 Å². The highest BCUT2D eigenvalue weighted by molar-refractivity contribution is 9.10. The van der Waals surface area contributed by atoms with Crippen molar-refractivity contribution in [2.24, 2.45) is 0 Å². The molecule has 5 nitrogen and oxygen atoms in total. The molecule has 1 unspecified atom stereocenters. The molecule has 2 aliphatic rings. The molecule has 0 radical (unpaired) electrons. The van der Waals surface area contributed by atoms with Gasteiger partial charge < -0.3 is 9.72 Å². The molecule has 1 saturated heterocycles. The van der Waals surface area contributed by atoms with Gasteiger partial charge in [-0.25, -0.2) is 9.78 Å². The minimum atomic E-state index is -4.41. The van der Waals surface area contributed by atoms with Gasteiger partial charge in [-0.05, 0) is 62.9 Å². The number of carbonyl (C=O) groups is 1. The second-order valence-electron chi connectivity index (χ2n) is 10.1. The van der Waals surface area contributed by atoms with Crippen LogP contribution in [0.2, 0.25) is 0 Å². The normalized spacial score (nSPS) is 20.1. The average molecular weight is 566 g/mol. The van der Waals surface area contributed by atoms with Crippen molar-refractivity contribution in [2.45, 2.75) is 57.1 Å². The van der Waals surface area contributed by atoms with Crippen LogP contribution in [0.4, 0.5) is 22.4 Å². The van der Waals surface area contributed by atoms with Gasteiger partial charge in [-0.3, -0.25) is 4.90 Å². The van der Waals surface area contributed by atoms with Gasteiger partial charge in [0.1, 0.15) is 11.4 Å². The number of aromatic nitrogens is 2. The maximum Gasteiger partial charge on any atom is 0.410 e. The second kappa shape index (κ2) is 8.33. The number of aromatic amines is 1. The lowest BCUT2D eigenvalue weighted by Crippen LogP contribution is -2.39. The van der Waals surface area contributed by atoms with Crippen LogP contribution in [-0.4, -0.2) is 33.1 Å². The third-order valence-corrected chi connectivity index (χ3v) is 6.96. The number of hydrogen-bond donors (Lipinski definition) is 1. The minimum absolute atomic E-state index is 0.0591. The van der Waals surface area contributed by atoms with E-state index in [1.54, 1.807) is 37.8 Å². The van der Waals surface area contributed by atoms with E-state index < -0.39 is 34.7 Å². The molecule has 10 heteroatoms. The first-order chi connectivity index (χ1) is 16.8. The third-order valence-electron chi connectivity index (χ3n) is 6.47. The van der Waals surface area contributed by atoms with Gasteiger partial charge >= 0.3 is 17.9 Å². The Kier molecular flexibility index (Phi) is 5.74. The van der Waals surface area contributed by atoms with Crippen LogP contribution in [0.25, 0.3) is 22.4 Å². The van der Waals surface area contributed by atoms with E-state index in [1.807, 2.05) is 0 Å². The molecule has 0 saturated carbocycles. The highest BCUT2D eigenvalue weighted by Gasteiger charge is 2.62. The number of nitrogens with one attached hydrogen (secondary N) is 1. The molecule has 1 aliphatic heterocycles. The maximum atomic E-state index is 15.2. The van der Waals surface area contributed by atoms with Crippen LogP contribution in [0.5, 0.6) is 0 Å². The summed E-state index contributed by atoms with van der Waals surface area (Å²) in [5, 5.41) is 0. The summed E-state index contributed by atoms with van der Waals surface area (Å²) in [6.07, 6.45) is 2.43. The lowest BCUT2D eigenvalue weighted by Gasteiger charge is -2.35. The standard InChI is InChI=1S/C26H24BrF4N3O2/c1-24(2,3)36-23(35)34-10-4-5-21(34)22-32-13-20(33-22)14-6-8-16-17-9-7-15(27)12-19(17)26(30,31)25(28,29)18(16)11-14/h6-9,11-13,21H,4-5,10H2,1-3H3,(H,32,33). The predicted octanol–water partition coefficient (Wildman–Crippen LogP) is 7.78. The van der Waals surface area contributed by atoms with E-state index >= 15 is 8.78 Å². The van der Waals surface area contributed by atoms with E-state index in [1.165, 1.54) is 18.3 Å². The number of hydrogen-bond acceptors (Lipinski definition) is 3. The summed E-state index contributed by atoms with van der Waals surface area (Å²) >= 11 is 3.10. The van der Waals surface area contributed by atoms with Crippen molar-refractivity contribution in [3.63, 3.8) is 0 Å². The Bertz CT molecular complexity index is 1350. The topological polar surface area (TPSA) is 58.2 Å². The highest BCUT2D eigenvalue weighted by Crippen LogP contribution is 2.58.